The minimum atomic E-state index is -0.121. The van der Waals surface area contributed by atoms with Gasteiger partial charge in [-0.1, -0.05) is 47.5 Å². The van der Waals surface area contributed by atoms with Crippen LogP contribution in [0.3, 0.4) is 0 Å². The number of hydrazone groups is 1. The van der Waals surface area contributed by atoms with Crippen LogP contribution in [0, 0.1) is 0 Å². The molecule has 8 heteroatoms. The second-order valence-electron chi connectivity index (χ2n) is 6.13. The zero-order chi connectivity index (χ0) is 20.4. The van der Waals surface area contributed by atoms with Gasteiger partial charge in [0.25, 0.3) is 0 Å². The lowest BCUT2D eigenvalue weighted by Crippen LogP contribution is -1.99. The van der Waals surface area contributed by atoms with E-state index in [2.05, 4.69) is 20.5 Å². The summed E-state index contributed by atoms with van der Waals surface area (Å²) in [6.45, 7) is 0. The van der Waals surface area contributed by atoms with Crippen molar-refractivity contribution in [3.8, 4) is 22.9 Å². The summed E-state index contributed by atoms with van der Waals surface area (Å²) < 4.78 is 0. The molecule has 0 aliphatic rings. The number of fused-ring (bicyclic) bond motifs is 1. The molecule has 0 unspecified atom stereocenters. The summed E-state index contributed by atoms with van der Waals surface area (Å²) >= 11 is 11.9. The minimum absolute atomic E-state index is 0.0794. The van der Waals surface area contributed by atoms with Crippen molar-refractivity contribution in [2.75, 3.05) is 5.43 Å². The fourth-order valence-electron chi connectivity index (χ4n) is 2.79. The van der Waals surface area contributed by atoms with Gasteiger partial charge in [-0.15, -0.1) is 0 Å². The molecule has 0 radical (unpaired) electrons. The molecule has 0 bridgehead atoms. The molecule has 144 valence electrons. The van der Waals surface area contributed by atoms with Gasteiger partial charge in [-0.05, 0) is 36.4 Å². The molecule has 0 amide bonds. The number of aromatic nitrogens is 2. The zero-order valence-corrected chi connectivity index (χ0v) is 16.4. The van der Waals surface area contributed by atoms with Gasteiger partial charge in [-0.2, -0.15) is 5.10 Å². The van der Waals surface area contributed by atoms with E-state index < -0.39 is 0 Å². The van der Waals surface area contributed by atoms with Gasteiger partial charge >= 0.3 is 0 Å². The van der Waals surface area contributed by atoms with Crippen LogP contribution in [0.1, 0.15) is 5.56 Å². The molecule has 1 heterocycles. The van der Waals surface area contributed by atoms with Crippen LogP contribution in [0.25, 0.3) is 22.3 Å². The van der Waals surface area contributed by atoms with Gasteiger partial charge in [-0.3, -0.25) is 5.43 Å². The fraction of sp³-hybridized carbons (Fsp3) is 0. The highest BCUT2D eigenvalue weighted by molar-refractivity contribution is 6.36. The molecule has 3 aromatic carbocycles. The van der Waals surface area contributed by atoms with Crippen molar-refractivity contribution >= 4 is 46.1 Å². The van der Waals surface area contributed by atoms with Crippen LogP contribution in [-0.4, -0.2) is 26.4 Å². The molecule has 0 aliphatic heterocycles. The summed E-state index contributed by atoms with van der Waals surface area (Å²) in [6, 6.07) is 17.2. The van der Waals surface area contributed by atoms with E-state index >= 15 is 0 Å². The molecule has 0 fully saturated rings. The summed E-state index contributed by atoms with van der Waals surface area (Å²) in [4.78, 5) is 9.04. The molecule has 1 aromatic heterocycles. The lowest BCUT2D eigenvalue weighted by molar-refractivity contribution is 0.474. The number of benzene rings is 3. The van der Waals surface area contributed by atoms with Gasteiger partial charge in [0.2, 0.25) is 0 Å². The van der Waals surface area contributed by atoms with Crippen molar-refractivity contribution < 1.29 is 10.2 Å². The van der Waals surface area contributed by atoms with Gasteiger partial charge in [0.05, 0.1) is 22.3 Å². The van der Waals surface area contributed by atoms with Gasteiger partial charge in [0.1, 0.15) is 11.5 Å². The van der Waals surface area contributed by atoms with Crippen LogP contribution in [0.5, 0.6) is 11.5 Å². The summed E-state index contributed by atoms with van der Waals surface area (Å²) in [7, 11) is 0. The van der Waals surface area contributed by atoms with Crippen molar-refractivity contribution in [2.45, 2.75) is 0 Å². The Kier molecular flexibility index (Phi) is 5.20. The maximum Gasteiger partial charge on any atom is 0.165 e. The highest BCUT2D eigenvalue weighted by Crippen LogP contribution is 2.31. The minimum Gasteiger partial charge on any atom is -0.507 e. The number of rotatable bonds is 4. The molecule has 0 saturated heterocycles. The van der Waals surface area contributed by atoms with Crippen molar-refractivity contribution in [2.24, 2.45) is 5.10 Å². The third-order valence-corrected chi connectivity index (χ3v) is 4.69. The Morgan fingerprint density at radius 3 is 2.52 bits per heavy atom. The third-order valence-electron chi connectivity index (χ3n) is 4.18. The van der Waals surface area contributed by atoms with Crippen molar-refractivity contribution in [1.82, 2.24) is 9.97 Å². The highest BCUT2D eigenvalue weighted by atomic mass is 35.5. The molecule has 6 nitrogen and oxygen atoms in total. The zero-order valence-electron chi connectivity index (χ0n) is 14.8. The quantitative estimate of drug-likeness (QED) is 0.298. The monoisotopic (exact) mass is 424 g/mol. The number of hydrogen-bond acceptors (Lipinski definition) is 6. The average molecular weight is 425 g/mol. The van der Waals surface area contributed by atoms with Gasteiger partial charge < -0.3 is 10.2 Å². The van der Waals surface area contributed by atoms with E-state index in [0.717, 1.165) is 5.39 Å². The summed E-state index contributed by atoms with van der Waals surface area (Å²) in [5.74, 6) is 0.755. The maximum atomic E-state index is 10.2. The van der Waals surface area contributed by atoms with E-state index in [-0.39, 0.29) is 16.5 Å². The highest BCUT2D eigenvalue weighted by Gasteiger charge is 2.12. The predicted molar refractivity (Wildman–Crippen MR) is 116 cm³/mol. The Bertz CT molecular complexity index is 1240. The first-order valence-corrected chi connectivity index (χ1v) is 9.31. The van der Waals surface area contributed by atoms with Gasteiger partial charge in [0.15, 0.2) is 11.6 Å². The van der Waals surface area contributed by atoms with E-state index in [1.54, 1.807) is 30.3 Å². The predicted octanol–water partition coefficient (Wildman–Crippen LogP) is 5.46. The van der Waals surface area contributed by atoms with Gasteiger partial charge in [0, 0.05) is 16.0 Å². The molecule has 0 atom stereocenters. The Balaban J connectivity index is 1.75. The molecular weight excluding hydrogens is 411 g/mol. The maximum absolute atomic E-state index is 10.2. The molecule has 0 saturated carbocycles. The number of halogens is 2. The normalized spacial score (nSPS) is 11.2. The number of phenols is 2. The Labute approximate surface area is 176 Å². The largest absolute Gasteiger partial charge is 0.507 e. The first-order valence-electron chi connectivity index (χ1n) is 8.55. The fourth-order valence-corrected chi connectivity index (χ4v) is 3.30. The second-order valence-corrected chi connectivity index (χ2v) is 6.97. The molecular formula is C21H14Cl2N4O2. The number of nitrogens with one attached hydrogen (secondary N) is 1. The Morgan fingerprint density at radius 1 is 0.931 bits per heavy atom. The lowest BCUT2D eigenvalue weighted by atomic mass is 10.1. The molecule has 4 rings (SSSR count). The van der Waals surface area contributed by atoms with E-state index in [0.29, 0.717) is 33.3 Å². The van der Waals surface area contributed by atoms with Crippen molar-refractivity contribution in [1.29, 1.82) is 0 Å². The molecule has 0 aliphatic carbocycles. The molecule has 3 N–H and O–H groups in total. The summed E-state index contributed by atoms with van der Waals surface area (Å²) in [6.07, 6.45) is 1.39. The third kappa shape index (κ3) is 3.94. The topological polar surface area (TPSA) is 90.6 Å². The van der Waals surface area contributed by atoms with Crippen molar-refractivity contribution in [3.63, 3.8) is 0 Å². The number of phenolic OH excluding ortho intramolecular Hbond substituents is 2. The van der Waals surface area contributed by atoms with E-state index in [1.807, 2.05) is 24.3 Å². The lowest BCUT2D eigenvalue weighted by Gasteiger charge is -2.09. The molecule has 4 aromatic rings. The van der Waals surface area contributed by atoms with E-state index in [9.17, 15) is 10.2 Å². The first kappa shape index (κ1) is 19.0. The summed E-state index contributed by atoms with van der Waals surface area (Å²) in [5, 5.41) is 25.6. The summed E-state index contributed by atoms with van der Waals surface area (Å²) in [5.41, 5.74) is 4.42. The number of anilines is 1. The molecule has 0 spiro atoms. The van der Waals surface area contributed by atoms with Crippen LogP contribution in [0.2, 0.25) is 10.0 Å². The Hall–Kier alpha value is -3.35. The SMILES string of the molecule is Oc1ccccc1-c1nc(N/N=C\c2cc(Cl)cc(Cl)c2O)c2ccccc2n1. The van der Waals surface area contributed by atoms with Crippen LogP contribution in [0.4, 0.5) is 5.82 Å². The smallest absolute Gasteiger partial charge is 0.165 e. The number of nitrogens with zero attached hydrogens (tertiary/aromatic N) is 3. The van der Waals surface area contributed by atoms with Crippen LogP contribution < -0.4 is 5.43 Å². The number of para-hydroxylation sites is 2. The van der Waals surface area contributed by atoms with Gasteiger partial charge in [-0.25, -0.2) is 9.97 Å². The Morgan fingerprint density at radius 2 is 1.69 bits per heavy atom. The standard InChI is InChI=1S/C21H14Cl2N4O2/c22-13-9-12(19(29)16(23)10-13)11-24-27-21-14-5-1-3-7-17(14)25-20(26-21)15-6-2-4-8-18(15)28/h1-11,28-29H,(H,25,26,27)/b24-11-. The van der Waals surface area contributed by atoms with Crippen molar-refractivity contribution in [3.05, 3.63) is 76.3 Å². The van der Waals surface area contributed by atoms with E-state index in [1.165, 1.54) is 12.3 Å². The number of aromatic hydroxyl groups is 2. The number of hydrogen-bond donors (Lipinski definition) is 3. The first-order chi connectivity index (χ1) is 14.0. The van der Waals surface area contributed by atoms with Crippen LogP contribution in [-0.2, 0) is 0 Å². The average Bonchev–Trinajstić information content (AvgIpc) is 2.71. The molecule has 29 heavy (non-hydrogen) atoms. The van der Waals surface area contributed by atoms with E-state index in [4.69, 9.17) is 23.2 Å². The van der Waals surface area contributed by atoms with Crippen LogP contribution >= 0.6 is 23.2 Å². The van der Waals surface area contributed by atoms with Crippen LogP contribution in [0.15, 0.2) is 65.8 Å². The second kappa shape index (κ2) is 7.95.